The Bertz CT molecular complexity index is 1230. The third-order valence-corrected chi connectivity index (χ3v) is 9.03. The molecule has 2 aliphatic rings. The molecular formula is C26H33N3O8S. The molecule has 2 aliphatic heterocycles. The van der Waals surface area contributed by atoms with E-state index in [9.17, 15) is 18.0 Å². The van der Waals surface area contributed by atoms with Crippen LogP contribution >= 0.6 is 0 Å². The normalized spacial score (nSPS) is 20.0. The lowest BCUT2D eigenvalue weighted by Gasteiger charge is -2.26. The second kappa shape index (κ2) is 11.7. The molecule has 0 saturated carbocycles. The highest BCUT2D eigenvalue weighted by atomic mass is 32.2. The van der Waals surface area contributed by atoms with Gasteiger partial charge in [0.15, 0.2) is 14.6 Å². The van der Waals surface area contributed by atoms with Gasteiger partial charge in [0.25, 0.3) is 5.91 Å². The van der Waals surface area contributed by atoms with Gasteiger partial charge in [0.2, 0.25) is 0 Å². The average molecular weight is 548 g/mol. The molecule has 4 rings (SSSR count). The van der Waals surface area contributed by atoms with Crippen molar-refractivity contribution in [2.75, 3.05) is 57.2 Å². The first-order valence-corrected chi connectivity index (χ1v) is 14.3. The van der Waals surface area contributed by atoms with Crippen molar-refractivity contribution < 1.29 is 37.4 Å². The number of hydrogen-bond donors (Lipinski definition) is 2. The molecule has 0 aromatic heterocycles. The fourth-order valence-corrected chi connectivity index (χ4v) is 5.37. The second-order valence-corrected chi connectivity index (χ2v) is 12.1. The van der Waals surface area contributed by atoms with Crippen LogP contribution in [0.4, 0.5) is 10.5 Å². The largest absolute Gasteiger partial charge is 0.492 e. The van der Waals surface area contributed by atoms with Crippen molar-refractivity contribution in [3.63, 3.8) is 0 Å². The van der Waals surface area contributed by atoms with E-state index in [4.69, 9.17) is 19.4 Å². The predicted molar refractivity (Wildman–Crippen MR) is 140 cm³/mol. The first kappa shape index (κ1) is 27.8. The fourth-order valence-electron chi connectivity index (χ4n) is 4.50. The number of cyclic esters (lactones) is 1. The zero-order valence-corrected chi connectivity index (χ0v) is 22.3. The Kier molecular flexibility index (Phi) is 8.56. The summed E-state index contributed by atoms with van der Waals surface area (Å²) >= 11 is 0. The minimum absolute atomic E-state index is 0.0679. The summed E-state index contributed by atoms with van der Waals surface area (Å²) in [6.45, 7) is 6.10. The number of sulfone groups is 1. The van der Waals surface area contributed by atoms with E-state index in [1.807, 2.05) is 36.4 Å². The van der Waals surface area contributed by atoms with Crippen molar-refractivity contribution in [2.24, 2.45) is 0 Å². The molecule has 0 unspecified atom stereocenters. The molecule has 2 saturated heterocycles. The molecule has 2 aromatic carbocycles. The zero-order chi connectivity index (χ0) is 27.3. The Balaban J connectivity index is 1.35. The van der Waals surface area contributed by atoms with Crippen LogP contribution in [0.2, 0.25) is 0 Å². The smallest absolute Gasteiger partial charge is 0.414 e. The number of morpholine rings is 1. The first-order valence-electron chi connectivity index (χ1n) is 12.4. The van der Waals surface area contributed by atoms with Crippen molar-refractivity contribution >= 4 is 27.5 Å². The Morgan fingerprint density at radius 3 is 2.29 bits per heavy atom. The van der Waals surface area contributed by atoms with Gasteiger partial charge in [0.1, 0.15) is 18.5 Å². The van der Waals surface area contributed by atoms with Crippen molar-refractivity contribution in [2.45, 2.75) is 24.2 Å². The van der Waals surface area contributed by atoms with Gasteiger partial charge in [-0.05, 0) is 42.3 Å². The number of nitrogens with zero attached hydrogens (tertiary/aromatic N) is 2. The molecule has 0 bridgehead atoms. The highest BCUT2D eigenvalue weighted by molar-refractivity contribution is 7.92. The number of benzene rings is 2. The van der Waals surface area contributed by atoms with Crippen LogP contribution in [-0.2, 0) is 24.1 Å². The maximum Gasteiger partial charge on any atom is 0.414 e. The Morgan fingerprint density at radius 1 is 1.11 bits per heavy atom. The number of anilines is 1. The Morgan fingerprint density at radius 2 is 1.71 bits per heavy atom. The van der Waals surface area contributed by atoms with E-state index >= 15 is 0 Å². The molecule has 0 radical (unpaired) electrons. The van der Waals surface area contributed by atoms with Crippen molar-refractivity contribution in [1.29, 1.82) is 0 Å². The van der Waals surface area contributed by atoms with Crippen molar-refractivity contribution in [3.8, 4) is 16.9 Å². The third kappa shape index (κ3) is 6.26. The fraction of sp³-hybridized carbons (Fsp3) is 0.462. The number of carbonyl (C=O) groups excluding carboxylic acids is 2. The van der Waals surface area contributed by atoms with Crippen LogP contribution in [0.25, 0.3) is 11.1 Å². The summed E-state index contributed by atoms with van der Waals surface area (Å²) in [7, 11) is -3.91. The van der Waals surface area contributed by atoms with Crippen LogP contribution in [0.1, 0.15) is 13.3 Å². The minimum Gasteiger partial charge on any atom is -0.492 e. The van der Waals surface area contributed by atoms with Crippen molar-refractivity contribution in [1.82, 2.24) is 10.4 Å². The minimum atomic E-state index is -3.91. The van der Waals surface area contributed by atoms with Gasteiger partial charge in [0, 0.05) is 38.0 Å². The topological polar surface area (TPSA) is 135 Å². The highest BCUT2D eigenvalue weighted by Crippen LogP contribution is 2.31. The van der Waals surface area contributed by atoms with E-state index in [-0.39, 0.29) is 13.0 Å². The molecular weight excluding hydrogens is 514 g/mol. The quantitative estimate of drug-likeness (QED) is 0.339. The Labute approximate surface area is 222 Å². The molecule has 0 aliphatic carbocycles. The van der Waals surface area contributed by atoms with Crippen LogP contribution in [-0.4, -0.2) is 93.6 Å². The van der Waals surface area contributed by atoms with Gasteiger partial charge in [-0.25, -0.2) is 18.7 Å². The monoisotopic (exact) mass is 547 g/mol. The lowest BCUT2D eigenvalue weighted by Crippen LogP contribution is -2.51. The van der Waals surface area contributed by atoms with Crippen LogP contribution in [0.15, 0.2) is 48.5 Å². The lowest BCUT2D eigenvalue weighted by atomic mass is 10.0. The molecule has 2 N–H and O–H groups in total. The molecule has 2 fully saturated rings. The summed E-state index contributed by atoms with van der Waals surface area (Å²) in [4.78, 5) is 28.3. The van der Waals surface area contributed by atoms with Gasteiger partial charge in [-0.1, -0.05) is 24.3 Å². The zero-order valence-electron chi connectivity index (χ0n) is 21.5. The molecule has 206 valence electrons. The summed E-state index contributed by atoms with van der Waals surface area (Å²) in [5, 5.41) is 9.02. The molecule has 0 spiro atoms. The maximum absolute atomic E-state index is 12.5. The summed E-state index contributed by atoms with van der Waals surface area (Å²) in [6.07, 6.45) is -0.879. The summed E-state index contributed by atoms with van der Waals surface area (Å²) < 4.78 is 39.1. The standard InChI is InChI=1S/C26H33N3O8S/c1-26(24(30)27-32,38(2,33)34)17-23-18-29(25(31)37-23)21-7-3-19(4-8-21)20-5-9-22(10-6-20)36-16-13-28-11-14-35-15-12-28/h3-10,23,32H,11-18H2,1-2H3,(H,27,30)/t23-,26+/m0/s1. The van der Waals surface area contributed by atoms with Gasteiger partial charge >= 0.3 is 6.09 Å². The van der Waals surface area contributed by atoms with E-state index in [2.05, 4.69) is 4.90 Å². The number of carbonyl (C=O) groups is 2. The second-order valence-electron chi connectivity index (χ2n) is 9.64. The van der Waals surface area contributed by atoms with E-state index < -0.39 is 32.7 Å². The Hall–Kier alpha value is -3.19. The summed E-state index contributed by atoms with van der Waals surface area (Å²) in [6, 6.07) is 15.1. The van der Waals surface area contributed by atoms with Crippen LogP contribution in [0, 0.1) is 0 Å². The third-order valence-electron chi connectivity index (χ3n) is 7.04. The van der Waals surface area contributed by atoms with Crippen LogP contribution in [0.3, 0.4) is 0 Å². The van der Waals surface area contributed by atoms with E-state index in [1.165, 1.54) is 17.3 Å². The average Bonchev–Trinajstić information content (AvgIpc) is 3.28. The van der Waals surface area contributed by atoms with Gasteiger partial charge in [0.05, 0.1) is 19.8 Å². The molecule has 11 nitrogen and oxygen atoms in total. The highest BCUT2D eigenvalue weighted by Gasteiger charge is 2.48. The van der Waals surface area contributed by atoms with Gasteiger partial charge in [-0.2, -0.15) is 0 Å². The number of nitrogens with one attached hydrogen (secondary N) is 1. The van der Waals surface area contributed by atoms with E-state index in [0.29, 0.717) is 12.3 Å². The number of ether oxygens (including phenoxy) is 3. The molecule has 2 amide bonds. The molecule has 2 atom stereocenters. The van der Waals surface area contributed by atoms with Gasteiger partial charge in [-0.15, -0.1) is 0 Å². The SMILES string of the molecule is C[C@@](C[C@H]1CN(c2ccc(-c3ccc(OCCN4CCOCC4)cc3)cc2)C(=O)O1)(C(=O)NO)S(C)(=O)=O. The van der Waals surface area contributed by atoms with Crippen LogP contribution < -0.4 is 15.1 Å². The van der Waals surface area contributed by atoms with Crippen LogP contribution in [0.5, 0.6) is 5.75 Å². The number of rotatable bonds is 10. The molecule has 12 heteroatoms. The van der Waals surface area contributed by atoms with Gasteiger partial charge < -0.3 is 14.2 Å². The van der Waals surface area contributed by atoms with Crippen molar-refractivity contribution in [3.05, 3.63) is 48.5 Å². The summed E-state index contributed by atoms with van der Waals surface area (Å²) in [5.74, 6) is -0.284. The summed E-state index contributed by atoms with van der Waals surface area (Å²) in [5.41, 5.74) is 3.91. The van der Waals surface area contributed by atoms with Gasteiger partial charge in [-0.3, -0.25) is 19.8 Å². The molecule has 2 aromatic rings. The lowest BCUT2D eigenvalue weighted by molar-refractivity contribution is -0.132. The number of amides is 2. The van der Waals surface area contributed by atoms with E-state index in [0.717, 1.165) is 56.0 Å². The molecule has 38 heavy (non-hydrogen) atoms. The number of hydrogen-bond acceptors (Lipinski definition) is 9. The first-order chi connectivity index (χ1) is 18.1. The maximum atomic E-state index is 12.5. The van der Waals surface area contributed by atoms with E-state index in [1.54, 1.807) is 12.1 Å². The molecule has 2 heterocycles. The predicted octanol–water partition coefficient (Wildman–Crippen LogP) is 2.09. The number of hydroxylamine groups is 1.